The Labute approximate surface area is 129 Å². The van der Waals surface area contributed by atoms with Gasteiger partial charge < -0.3 is 4.74 Å². The minimum atomic E-state index is -3.42. The highest BCUT2D eigenvalue weighted by atomic mass is 79.9. The van der Waals surface area contributed by atoms with E-state index in [9.17, 15) is 8.42 Å². The molecule has 0 N–H and O–H groups in total. The summed E-state index contributed by atoms with van der Waals surface area (Å²) in [6, 6.07) is 5.33. The Morgan fingerprint density at radius 3 is 2.55 bits per heavy atom. The molecule has 1 aromatic carbocycles. The van der Waals surface area contributed by atoms with Gasteiger partial charge in [-0.2, -0.15) is 4.31 Å². The third kappa shape index (κ3) is 3.42. The number of hydrogen-bond donors (Lipinski definition) is 0. The van der Waals surface area contributed by atoms with Crippen molar-refractivity contribution in [2.75, 3.05) is 19.7 Å². The van der Waals surface area contributed by atoms with E-state index in [1.54, 1.807) is 10.4 Å². The van der Waals surface area contributed by atoms with Crippen LogP contribution in [-0.2, 0) is 14.8 Å². The van der Waals surface area contributed by atoms with Crippen molar-refractivity contribution in [1.82, 2.24) is 4.31 Å². The van der Waals surface area contributed by atoms with E-state index in [0.29, 0.717) is 29.1 Å². The first kappa shape index (κ1) is 15.9. The maximum absolute atomic E-state index is 12.6. The molecule has 0 aromatic heterocycles. The zero-order valence-corrected chi connectivity index (χ0v) is 14.2. The van der Waals surface area contributed by atoms with Crippen molar-refractivity contribution in [2.24, 2.45) is 0 Å². The summed E-state index contributed by atoms with van der Waals surface area (Å²) in [6.45, 7) is 5.63. The highest BCUT2D eigenvalue weighted by molar-refractivity contribution is 9.10. The molecule has 4 nitrogen and oxygen atoms in total. The second-order valence-electron chi connectivity index (χ2n) is 4.99. The number of halogens is 1. The fourth-order valence-corrected chi connectivity index (χ4v) is 5.05. The number of nitrogens with zero attached hydrogens (tertiary/aromatic N) is 1. The third-order valence-electron chi connectivity index (χ3n) is 3.51. The Morgan fingerprint density at radius 2 is 2.00 bits per heavy atom. The summed E-state index contributed by atoms with van der Waals surface area (Å²) in [5, 5.41) is 0. The fourth-order valence-electron chi connectivity index (χ4n) is 2.43. The van der Waals surface area contributed by atoms with Crippen molar-refractivity contribution in [3.05, 3.63) is 28.2 Å². The van der Waals surface area contributed by atoms with Crippen LogP contribution in [0.3, 0.4) is 0 Å². The van der Waals surface area contributed by atoms with Gasteiger partial charge >= 0.3 is 0 Å². The minimum absolute atomic E-state index is 0.188. The van der Waals surface area contributed by atoms with E-state index in [2.05, 4.69) is 15.9 Å². The largest absolute Gasteiger partial charge is 0.378 e. The summed E-state index contributed by atoms with van der Waals surface area (Å²) in [5.74, 6) is 0. The quantitative estimate of drug-likeness (QED) is 0.827. The van der Waals surface area contributed by atoms with E-state index in [4.69, 9.17) is 4.74 Å². The fraction of sp³-hybridized carbons (Fsp3) is 0.571. The van der Waals surface area contributed by atoms with Crippen LogP contribution in [0, 0.1) is 6.92 Å². The Morgan fingerprint density at radius 1 is 1.35 bits per heavy atom. The molecule has 20 heavy (non-hydrogen) atoms. The summed E-state index contributed by atoms with van der Waals surface area (Å²) in [5.41, 5.74) is 1.03. The number of hydrogen-bond acceptors (Lipinski definition) is 3. The number of aryl methyl sites for hydroxylation is 1. The lowest BCUT2D eigenvalue weighted by Crippen LogP contribution is -2.40. The molecule has 0 saturated carbocycles. The molecule has 1 aliphatic heterocycles. The lowest BCUT2D eigenvalue weighted by Gasteiger charge is -2.31. The van der Waals surface area contributed by atoms with Crippen LogP contribution < -0.4 is 0 Å². The predicted molar refractivity (Wildman–Crippen MR) is 82.3 cm³/mol. The van der Waals surface area contributed by atoms with Crippen molar-refractivity contribution >= 4 is 26.0 Å². The smallest absolute Gasteiger partial charge is 0.244 e. The molecule has 0 atom stereocenters. The molecule has 0 spiro atoms. The van der Waals surface area contributed by atoms with Gasteiger partial charge in [0, 0.05) is 24.2 Å². The van der Waals surface area contributed by atoms with Crippen LogP contribution >= 0.6 is 15.9 Å². The van der Waals surface area contributed by atoms with Crippen molar-refractivity contribution in [1.29, 1.82) is 0 Å². The Bertz CT molecular complexity index is 566. The summed E-state index contributed by atoms with van der Waals surface area (Å²) in [4.78, 5) is 0.345. The van der Waals surface area contributed by atoms with E-state index in [1.165, 1.54) is 0 Å². The topological polar surface area (TPSA) is 46.6 Å². The average Bonchev–Trinajstić information content (AvgIpc) is 2.39. The SMILES string of the molecule is CCOC1CCN(S(=O)(=O)c2ccc(C)cc2Br)CC1. The molecule has 1 fully saturated rings. The van der Waals surface area contributed by atoms with Gasteiger partial charge in [-0.1, -0.05) is 6.07 Å². The van der Waals surface area contributed by atoms with E-state index >= 15 is 0 Å². The standard InChI is InChI=1S/C14H20BrNO3S/c1-3-19-12-6-8-16(9-7-12)20(17,18)14-5-4-11(2)10-13(14)15/h4-5,10,12H,3,6-9H2,1-2H3. The maximum Gasteiger partial charge on any atom is 0.244 e. The molecule has 1 aliphatic rings. The molecule has 0 bridgehead atoms. The predicted octanol–water partition coefficient (Wildman–Crippen LogP) is 2.95. The molecule has 0 unspecified atom stereocenters. The second kappa shape index (κ2) is 6.56. The molecular formula is C14H20BrNO3S. The first-order valence-corrected chi connectivity index (χ1v) is 9.06. The van der Waals surface area contributed by atoms with E-state index < -0.39 is 10.0 Å². The average molecular weight is 362 g/mol. The molecule has 1 saturated heterocycles. The summed E-state index contributed by atoms with van der Waals surface area (Å²) in [7, 11) is -3.42. The number of sulfonamides is 1. The molecule has 0 aliphatic carbocycles. The Kier molecular flexibility index (Phi) is 5.23. The van der Waals surface area contributed by atoms with E-state index in [0.717, 1.165) is 18.4 Å². The Balaban J connectivity index is 2.15. The molecule has 112 valence electrons. The third-order valence-corrected chi connectivity index (χ3v) is 6.38. The maximum atomic E-state index is 12.6. The second-order valence-corrected chi connectivity index (χ2v) is 7.75. The Hall–Kier alpha value is -0.430. The van der Waals surface area contributed by atoms with Gasteiger partial charge in [0.05, 0.1) is 11.0 Å². The highest BCUT2D eigenvalue weighted by Crippen LogP contribution is 2.28. The molecule has 1 heterocycles. The number of piperidine rings is 1. The van der Waals surface area contributed by atoms with Crippen LogP contribution in [0.25, 0.3) is 0 Å². The van der Waals surface area contributed by atoms with Gasteiger partial charge in [-0.05, 0) is 60.3 Å². The zero-order valence-electron chi connectivity index (χ0n) is 11.8. The van der Waals surface area contributed by atoms with Crippen molar-refractivity contribution in [3.63, 3.8) is 0 Å². The molecular weight excluding hydrogens is 342 g/mol. The van der Waals surface area contributed by atoms with Gasteiger partial charge in [-0.15, -0.1) is 0 Å². The minimum Gasteiger partial charge on any atom is -0.378 e. The van der Waals surface area contributed by atoms with Gasteiger partial charge in [-0.25, -0.2) is 8.42 Å². The van der Waals surface area contributed by atoms with Gasteiger partial charge in [0.1, 0.15) is 0 Å². The van der Waals surface area contributed by atoms with Gasteiger partial charge in [0.2, 0.25) is 10.0 Å². The van der Waals surface area contributed by atoms with Crippen molar-refractivity contribution < 1.29 is 13.2 Å². The number of ether oxygens (including phenoxy) is 1. The van der Waals surface area contributed by atoms with Crippen LogP contribution in [0.2, 0.25) is 0 Å². The summed E-state index contributed by atoms with van der Waals surface area (Å²) >= 11 is 3.36. The molecule has 6 heteroatoms. The van der Waals surface area contributed by atoms with Crippen molar-refractivity contribution in [2.45, 2.75) is 37.7 Å². The molecule has 1 aromatic rings. The van der Waals surface area contributed by atoms with Crippen LogP contribution in [0.1, 0.15) is 25.3 Å². The lowest BCUT2D eigenvalue weighted by atomic mass is 10.1. The number of benzene rings is 1. The van der Waals surface area contributed by atoms with E-state index in [-0.39, 0.29) is 6.10 Å². The normalized spacial score (nSPS) is 18.4. The monoisotopic (exact) mass is 361 g/mol. The molecule has 2 rings (SSSR count). The van der Waals surface area contributed by atoms with Crippen LogP contribution in [0.4, 0.5) is 0 Å². The zero-order chi connectivity index (χ0) is 14.8. The summed E-state index contributed by atoms with van der Waals surface area (Å²) in [6.07, 6.45) is 1.71. The lowest BCUT2D eigenvalue weighted by molar-refractivity contribution is 0.0290. The summed E-state index contributed by atoms with van der Waals surface area (Å²) < 4.78 is 33.0. The van der Waals surface area contributed by atoms with Crippen molar-refractivity contribution in [3.8, 4) is 0 Å². The van der Waals surface area contributed by atoms with Crippen LogP contribution in [0.15, 0.2) is 27.6 Å². The number of rotatable bonds is 4. The van der Waals surface area contributed by atoms with E-state index in [1.807, 2.05) is 26.0 Å². The van der Waals surface area contributed by atoms with Crippen LogP contribution in [-0.4, -0.2) is 38.5 Å². The molecule has 0 amide bonds. The highest BCUT2D eigenvalue weighted by Gasteiger charge is 2.30. The van der Waals surface area contributed by atoms with Gasteiger partial charge in [0.15, 0.2) is 0 Å². The first-order valence-electron chi connectivity index (χ1n) is 6.83. The van der Waals surface area contributed by atoms with Crippen LogP contribution in [0.5, 0.6) is 0 Å². The van der Waals surface area contributed by atoms with Gasteiger partial charge in [-0.3, -0.25) is 0 Å². The molecule has 0 radical (unpaired) electrons. The van der Waals surface area contributed by atoms with Gasteiger partial charge in [0.25, 0.3) is 0 Å². The first-order chi connectivity index (χ1) is 9.45.